The number of benzene rings is 1. The Labute approximate surface area is 94.9 Å². The summed E-state index contributed by atoms with van der Waals surface area (Å²) in [6.07, 6.45) is 5.08. The van der Waals surface area contributed by atoms with Crippen LogP contribution in [-0.2, 0) is 6.42 Å². The van der Waals surface area contributed by atoms with Gasteiger partial charge in [0, 0.05) is 6.07 Å². The summed E-state index contributed by atoms with van der Waals surface area (Å²) in [7, 11) is 0. The number of aromatic hydroxyl groups is 2. The first-order chi connectivity index (χ1) is 7.69. The fraction of sp³-hybridized carbons (Fsp3) is 0.500. The number of phenolic OH excluding ortho intramolecular Hbond substituents is 2. The van der Waals surface area contributed by atoms with Crippen LogP contribution in [0.25, 0.3) is 0 Å². The summed E-state index contributed by atoms with van der Waals surface area (Å²) < 4.78 is 0. The molecule has 2 N–H and O–H groups in total. The van der Waals surface area contributed by atoms with Crippen molar-refractivity contribution in [1.82, 2.24) is 0 Å². The van der Waals surface area contributed by atoms with Crippen LogP contribution in [0, 0.1) is 4.91 Å². The monoisotopic (exact) mass is 223 g/mol. The highest BCUT2D eigenvalue weighted by atomic mass is 16.3. The number of aryl methyl sites for hydroxylation is 1. The third-order valence-electron chi connectivity index (χ3n) is 2.57. The average molecular weight is 223 g/mol. The molecule has 0 heterocycles. The average Bonchev–Trinajstić information content (AvgIpc) is 2.27. The summed E-state index contributed by atoms with van der Waals surface area (Å²) in [5.74, 6) is -0.244. The molecule has 1 aromatic rings. The standard InChI is InChI=1S/C12H17NO3/c1-2-3-4-5-6-9-7-10(13-16)12(15)8-11(9)14/h7-8,14-15H,2-6H2,1H3. The van der Waals surface area contributed by atoms with E-state index < -0.39 is 0 Å². The first kappa shape index (κ1) is 12.5. The third-order valence-corrected chi connectivity index (χ3v) is 2.57. The van der Waals surface area contributed by atoms with Crippen molar-refractivity contribution >= 4 is 5.69 Å². The molecule has 0 radical (unpaired) electrons. The van der Waals surface area contributed by atoms with Gasteiger partial charge < -0.3 is 10.2 Å². The van der Waals surface area contributed by atoms with Gasteiger partial charge in [-0.2, -0.15) is 0 Å². The highest BCUT2D eigenvalue weighted by molar-refractivity contribution is 5.57. The molecule has 0 saturated heterocycles. The second kappa shape index (κ2) is 6.10. The quantitative estimate of drug-likeness (QED) is 0.571. The zero-order valence-corrected chi connectivity index (χ0v) is 9.44. The van der Waals surface area contributed by atoms with Crippen molar-refractivity contribution in [2.75, 3.05) is 0 Å². The van der Waals surface area contributed by atoms with Crippen LogP contribution in [0.1, 0.15) is 38.2 Å². The Kier molecular flexibility index (Phi) is 4.76. The predicted molar refractivity (Wildman–Crippen MR) is 63.1 cm³/mol. The van der Waals surface area contributed by atoms with Crippen molar-refractivity contribution in [1.29, 1.82) is 0 Å². The van der Waals surface area contributed by atoms with Crippen molar-refractivity contribution in [3.05, 3.63) is 22.6 Å². The van der Waals surface area contributed by atoms with E-state index in [-0.39, 0.29) is 17.2 Å². The third kappa shape index (κ3) is 3.22. The van der Waals surface area contributed by atoms with E-state index >= 15 is 0 Å². The van der Waals surface area contributed by atoms with E-state index in [0.29, 0.717) is 12.0 Å². The molecule has 16 heavy (non-hydrogen) atoms. The normalized spacial score (nSPS) is 10.3. The Bertz CT molecular complexity index is 364. The topological polar surface area (TPSA) is 69.9 Å². The Morgan fingerprint density at radius 1 is 1.12 bits per heavy atom. The molecule has 0 bridgehead atoms. The number of phenols is 2. The smallest absolute Gasteiger partial charge is 0.150 e. The summed E-state index contributed by atoms with van der Waals surface area (Å²) in [5.41, 5.74) is 0.659. The van der Waals surface area contributed by atoms with Gasteiger partial charge in [0.05, 0.1) is 0 Å². The van der Waals surface area contributed by atoms with Crippen LogP contribution in [0.3, 0.4) is 0 Å². The SMILES string of the molecule is CCCCCCc1cc(N=O)c(O)cc1O. The Morgan fingerprint density at radius 3 is 2.50 bits per heavy atom. The minimum absolute atomic E-state index is 0.0108. The van der Waals surface area contributed by atoms with Crippen molar-refractivity contribution in [2.24, 2.45) is 5.18 Å². The van der Waals surface area contributed by atoms with Gasteiger partial charge in [0.1, 0.15) is 17.2 Å². The second-order valence-electron chi connectivity index (χ2n) is 3.87. The largest absolute Gasteiger partial charge is 0.508 e. The van der Waals surface area contributed by atoms with Gasteiger partial charge >= 0.3 is 0 Å². The molecule has 0 spiro atoms. The molecule has 0 aliphatic heterocycles. The van der Waals surface area contributed by atoms with Crippen molar-refractivity contribution in [3.63, 3.8) is 0 Å². The highest BCUT2D eigenvalue weighted by Crippen LogP contribution is 2.34. The molecule has 0 atom stereocenters. The lowest BCUT2D eigenvalue weighted by Crippen LogP contribution is -1.87. The van der Waals surface area contributed by atoms with Gasteiger partial charge in [-0.25, -0.2) is 0 Å². The van der Waals surface area contributed by atoms with E-state index in [0.717, 1.165) is 25.7 Å². The maximum absolute atomic E-state index is 10.4. The van der Waals surface area contributed by atoms with Gasteiger partial charge in [-0.15, -0.1) is 4.91 Å². The fourth-order valence-electron chi connectivity index (χ4n) is 1.62. The number of hydrogen-bond acceptors (Lipinski definition) is 4. The van der Waals surface area contributed by atoms with Crippen molar-refractivity contribution < 1.29 is 10.2 Å². The summed E-state index contributed by atoms with van der Waals surface area (Å²) >= 11 is 0. The minimum atomic E-state index is -0.273. The lowest BCUT2D eigenvalue weighted by Gasteiger charge is -2.06. The molecule has 1 rings (SSSR count). The number of rotatable bonds is 6. The number of nitrogens with zero attached hydrogens (tertiary/aromatic N) is 1. The second-order valence-corrected chi connectivity index (χ2v) is 3.87. The molecular weight excluding hydrogens is 206 g/mol. The van der Waals surface area contributed by atoms with E-state index in [4.69, 9.17) is 0 Å². The van der Waals surface area contributed by atoms with Crippen LogP contribution >= 0.6 is 0 Å². The summed E-state index contributed by atoms with van der Waals surface area (Å²) in [5, 5.41) is 21.5. The van der Waals surface area contributed by atoms with E-state index in [1.165, 1.54) is 12.1 Å². The fourth-order valence-corrected chi connectivity index (χ4v) is 1.62. The van der Waals surface area contributed by atoms with Gasteiger partial charge in [0.25, 0.3) is 0 Å². The van der Waals surface area contributed by atoms with E-state index in [1.54, 1.807) is 0 Å². The van der Waals surface area contributed by atoms with Crippen LogP contribution < -0.4 is 0 Å². The molecule has 0 unspecified atom stereocenters. The van der Waals surface area contributed by atoms with Gasteiger partial charge in [0.15, 0.2) is 0 Å². The van der Waals surface area contributed by atoms with E-state index in [1.807, 2.05) is 0 Å². The van der Waals surface area contributed by atoms with Crippen molar-refractivity contribution in [3.8, 4) is 11.5 Å². The Hall–Kier alpha value is -1.58. The van der Waals surface area contributed by atoms with Gasteiger partial charge in [0.2, 0.25) is 0 Å². The molecule has 4 heteroatoms. The maximum Gasteiger partial charge on any atom is 0.150 e. The zero-order chi connectivity index (χ0) is 12.0. The van der Waals surface area contributed by atoms with Crippen LogP contribution in [-0.4, -0.2) is 10.2 Å². The zero-order valence-electron chi connectivity index (χ0n) is 9.44. The Balaban J connectivity index is 2.68. The number of unbranched alkanes of at least 4 members (excludes halogenated alkanes) is 3. The lowest BCUT2D eigenvalue weighted by molar-refractivity contribution is 0.446. The summed E-state index contributed by atoms with van der Waals surface area (Å²) in [6.45, 7) is 2.13. The summed E-state index contributed by atoms with van der Waals surface area (Å²) in [6, 6.07) is 2.62. The van der Waals surface area contributed by atoms with Crippen LogP contribution in [0.15, 0.2) is 17.3 Å². The van der Waals surface area contributed by atoms with Crippen LogP contribution in [0.4, 0.5) is 5.69 Å². The van der Waals surface area contributed by atoms with Crippen LogP contribution in [0.5, 0.6) is 11.5 Å². The van der Waals surface area contributed by atoms with E-state index in [9.17, 15) is 15.1 Å². The number of hydrogen-bond donors (Lipinski definition) is 2. The molecule has 4 nitrogen and oxygen atoms in total. The molecule has 88 valence electrons. The molecule has 1 aromatic carbocycles. The van der Waals surface area contributed by atoms with Crippen molar-refractivity contribution in [2.45, 2.75) is 39.0 Å². The minimum Gasteiger partial charge on any atom is -0.508 e. The lowest BCUT2D eigenvalue weighted by atomic mass is 10.0. The molecule has 0 fully saturated rings. The van der Waals surface area contributed by atoms with Gasteiger partial charge in [-0.3, -0.25) is 0 Å². The van der Waals surface area contributed by atoms with Gasteiger partial charge in [-0.05, 0) is 29.6 Å². The maximum atomic E-state index is 10.4. The number of nitroso groups, excluding NO2 is 1. The first-order valence-corrected chi connectivity index (χ1v) is 5.57. The van der Waals surface area contributed by atoms with Gasteiger partial charge in [-0.1, -0.05) is 26.2 Å². The predicted octanol–water partition coefficient (Wildman–Crippen LogP) is 3.62. The molecular formula is C12H17NO3. The molecule has 0 aliphatic rings. The Morgan fingerprint density at radius 2 is 1.88 bits per heavy atom. The summed E-state index contributed by atoms with van der Waals surface area (Å²) in [4.78, 5) is 10.4. The molecule has 0 aliphatic carbocycles. The van der Waals surface area contributed by atoms with E-state index in [2.05, 4.69) is 12.1 Å². The first-order valence-electron chi connectivity index (χ1n) is 5.57. The highest BCUT2D eigenvalue weighted by Gasteiger charge is 2.08. The molecule has 0 amide bonds. The molecule has 0 saturated carbocycles. The van der Waals surface area contributed by atoms with Crippen LogP contribution in [0.2, 0.25) is 0 Å². The molecule has 0 aromatic heterocycles.